The lowest BCUT2D eigenvalue weighted by Gasteiger charge is -2.22. The van der Waals surface area contributed by atoms with Crippen molar-refractivity contribution in [2.24, 2.45) is 0 Å². The van der Waals surface area contributed by atoms with Gasteiger partial charge >= 0.3 is 0 Å². The third-order valence-electron chi connectivity index (χ3n) is 3.01. The second kappa shape index (κ2) is 5.06. The maximum absolute atomic E-state index is 4.25. The van der Waals surface area contributed by atoms with Gasteiger partial charge in [0.2, 0.25) is 0 Å². The first-order valence-corrected chi connectivity index (χ1v) is 6.52. The van der Waals surface area contributed by atoms with Crippen LogP contribution in [0.2, 0.25) is 0 Å². The van der Waals surface area contributed by atoms with Crippen molar-refractivity contribution in [1.29, 1.82) is 0 Å². The Balaban J connectivity index is 2.03. The second-order valence-corrected chi connectivity index (χ2v) is 5.84. The third kappa shape index (κ3) is 3.07. The molecule has 2 aromatic rings. The lowest BCUT2D eigenvalue weighted by Crippen LogP contribution is -2.37. The van der Waals surface area contributed by atoms with E-state index in [1.165, 1.54) is 0 Å². The van der Waals surface area contributed by atoms with Crippen LogP contribution >= 0.6 is 0 Å². The van der Waals surface area contributed by atoms with Crippen LogP contribution in [0.1, 0.15) is 40.2 Å². The second-order valence-electron chi connectivity index (χ2n) is 5.84. The van der Waals surface area contributed by atoms with Crippen LogP contribution in [-0.2, 0) is 0 Å². The molecule has 4 heteroatoms. The number of nitrogens with zero attached hydrogens (tertiary/aromatic N) is 3. The molecule has 1 aromatic carbocycles. The minimum atomic E-state index is 0.171. The zero-order valence-corrected chi connectivity index (χ0v) is 11.6. The van der Waals surface area contributed by atoms with Gasteiger partial charge in [0, 0.05) is 5.54 Å². The van der Waals surface area contributed by atoms with Gasteiger partial charge in [0.1, 0.15) is 5.52 Å². The van der Waals surface area contributed by atoms with E-state index in [1.54, 1.807) is 0 Å². The van der Waals surface area contributed by atoms with Gasteiger partial charge in [-0.05, 0) is 52.8 Å². The molecule has 0 bridgehead atoms. The van der Waals surface area contributed by atoms with Crippen LogP contribution in [0.3, 0.4) is 0 Å². The van der Waals surface area contributed by atoms with Gasteiger partial charge < -0.3 is 5.32 Å². The van der Waals surface area contributed by atoms with Gasteiger partial charge in [0.05, 0.1) is 11.6 Å². The van der Waals surface area contributed by atoms with Crippen LogP contribution in [-0.4, -0.2) is 27.1 Å². The molecule has 98 valence electrons. The highest BCUT2D eigenvalue weighted by molar-refractivity contribution is 5.73. The standard InChI is InChI=1S/C14H22N4/c1-11(9-10-15-14(2,3)4)18-13-8-6-5-7-12(13)16-17-18/h5-8,11,15H,9-10H2,1-4H3. The van der Waals surface area contributed by atoms with Gasteiger partial charge in [-0.15, -0.1) is 5.10 Å². The van der Waals surface area contributed by atoms with E-state index in [1.807, 2.05) is 22.9 Å². The topological polar surface area (TPSA) is 42.7 Å². The first kappa shape index (κ1) is 13.0. The first-order chi connectivity index (χ1) is 8.47. The van der Waals surface area contributed by atoms with Crippen LogP contribution in [0.15, 0.2) is 24.3 Å². The van der Waals surface area contributed by atoms with Crippen LogP contribution in [0.25, 0.3) is 11.0 Å². The summed E-state index contributed by atoms with van der Waals surface area (Å²) in [7, 11) is 0. The van der Waals surface area contributed by atoms with Gasteiger partial charge in [-0.25, -0.2) is 4.68 Å². The van der Waals surface area contributed by atoms with Crippen LogP contribution in [0.4, 0.5) is 0 Å². The van der Waals surface area contributed by atoms with E-state index >= 15 is 0 Å². The van der Waals surface area contributed by atoms with E-state index < -0.39 is 0 Å². The van der Waals surface area contributed by atoms with E-state index in [0.29, 0.717) is 6.04 Å². The molecule has 1 aromatic heterocycles. The summed E-state index contributed by atoms with van der Waals surface area (Å²) in [6.07, 6.45) is 1.05. The SMILES string of the molecule is CC(CCNC(C)(C)C)n1nnc2ccccc21. The smallest absolute Gasteiger partial charge is 0.113 e. The van der Waals surface area contributed by atoms with Crippen molar-refractivity contribution in [1.82, 2.24) is 20.3 Å². The number of benzene rings is 1. The van der Waals surface area contributed by atoms with Crippen molar-refractivity contribution in [3.63, 3.8) is 0 Å². The number of aromatic nitrogens is 3. The number of para-hydroxylation sites is 1. The first-order valence-electron chi connectivity index (χ1n) is 6.52. The van der Waals surface area contributed by atoms with Crippen molar-refractivity contribution in [3.05, 3.63) is 24.3 Å². The Morgan fingerprint density at radius 2 is 2.00 bits per heavy atom. The maximum atomic E-state index is 4.25. The lowest BCUT2D eigenvalue weighted by molar-refractivity contribution is 0.381. The molecular formula is C14H22N4. The molecule has 2 rings (SSSR count). The summed E-state index contributed by atoms with van der Waals surface area (Å²) in [5, 5.41) is 11.9. The molecule has 0 saturated carbocycles. The minimum absolute atomic E-state index is 0.171. The van der Waals surface area contributed by atoms with Crippen molar-refractivity contribution in [2.45, 2.75) is 45.7 Å². The largest absolute Gasteiger partial charge is 0.312 e. The molecular weight excluding hydrogens is 224 g/mol. The minimum Gasteiger partial charge on any atom is -0.312 e. The van der Waals surface area contributed by atoms with E-state index in [0.717, 1.165) is 24.0 Å². The zero-order valence-electron chi connectivity index (χ0n) is 11.6. The molecule has 18 heavy (non-hydrogen) atoms. The van der Waals surface area contributed by atoms with E-state index in [2.05, 4.69) is 49.4 Å². The summed E-state index contributed by atoms with van der Waals surface area (Å²) in [5.74, 6) is 0. The Kier molecular flexibility index (Phi) is 3.66. The fourth-order valence-electron chi connectivity index (χ4n) is 1.99. The van der Waals surface area contributed by atoms with Crippen LogP contribution in [0, 0.1) is 0 Å². The maximum Gasteiger partial charge on any atom is 0.113 e. The van der Waals surface area contributed by atoms with Gasteiger partial charge in [0.15, 0.2) is 0 Å². The Morgan fingerprint density at radius 3 is 2.72 bits per heavy atom. The molecule has 1 N–H and O–H groups in total. The van der Waals surface area contributed by atoms with Crippen molar-refractivity contribution in [3.8, 4) is 0 Å². The van der Waals surface area contributed by atoms with Crippen molar-refractivity contribution >= 4 is 11.0 Å². The van der Waals surface area contributed by atoms with Gasteiger partial charge in [-0.2, -0.15) is 0 Å². The molecule has 1 heterocycles. The molecule has 0 radical (unpaired) electrons. The highest BCUT2D eigenvalue weighted by Crippen LogP contribution is 2.17. The normalized spacial score (nSPS) is 14.0. The summed E-state index contributed by atoms with van der Waals surface area (Å²) in [6, 6.07) is 8.45. The Labute approximate surface area is 108 Å². The molecule has 1 unspecified atom stereocenters. The molecule has 0 spiro atoms. The number of rotatable bonds is 4. The predicted molar refractivity (Wildman–Crippen MR) is 74.6 cm³/mol. The van der Waals surface area contributed by atoms with Crippen molar-refractivity contribution < 1.29 is 0 Å². The zero-order chi connectivity index (χ0) is 13.2. The fourth-order valence-corrected chi connectivity index (χ4v) is 1.99. The van der Waals surface area contributed by atoms with Gasteiger partial charge in [-0.3, -0.25) is 0 Å². The average molecular weight is 246 g/mol. The molecule has 0 aliphatic rings. The monoisotopic (exact) mass is 246 g/mol. The molecule has 1 atom stereocenters. The van der Waals surface area contributed by atoms with E-state index in [-0.39, 0.29) is 5.54 Å². The Hall–Kier alpha value is -1.42. The summed E-state index contributed by atoms with van der Waals surface area (Å²) < 4.78 is 2.01. The fraction of sp³-hybridized carbons (Fsp3) is 0.571. The predicted octanol–water partition coefficient (Wildman–Crippen LogP) is 2.77. The highest BCUT2D eigenvalue weighted by atomic mass is 15.4. The van der Waals surface area contributed by atoms with Crippen molar-refractivity contribution in [2.75, 3.05) is 6.54 Å². The molecule has 0 saturated heterocycles. The van der Waals surface area contributed by atoms with E-state index in [9.17, 15) is 0 Å². The molecule has 0 fully saturated rings. The molecule has 4 nitrogen and oxygen atoms in total. The summed E-state index contributed by atoms with van der Waals surface area (Å²) in [4.78, 5) is 0. The van der Waals surface area contributed by atoms with Gasteiger partial charge in [0.25, 0.3) is 0 Å². The van der Waals surface area contributed by atoms with E-state index in [4.69, 9.17) is 0 Å². The highest BCUT2D eigenvalue weighted by Gasteiger charge is 2.13. The summed E-state index contributed by atoms with van der Waals surface area (Å²) in [5.41, 5.74) is 2.25. The number of hydrogen-bond acceptors (Lipinski definition) is 3. The van der Waals surface area contributed by atoms with Crippen LogP contribution in [0.5, 0.6) is 0 Å². The molecule has 0 aliphatic heterocycles. The number of hydrogen-bond donors (Lipinski definition) is 1. The molecule has 0 aliphatic carbocycles. The Morgan fingerprint density at radius 1 is 1.28 bits per heavy atom. The van der Waals surface area contributed by atoms with Gasteiger partial charge in [-0.1, -0.05) is 17.3 Å². The summed E-state index contributed by atoms with van der Waals surface area (Å²) >= 11 is 0. The summed E-state index contributed by atoms with van der Waals surface area (Å²) in [6.45, 7) is 9.72. The van der Waals surface area contributed by atoms with Crippen LogP contribution < -0.4 is 5.32 Å². The number of nitrogens with one attached hydrogen (secondary N) is 1. The number of fused-ring (bicyclic) bond motifs is 1. The molecule has 0 amide bonds. The quantitative estimate of drug-likeness (QED) is 0.902. The lowest BCUT2D eigenvalue weighted by atomic mass is 10.1. The average Bonchev–Trinajstić information content (AvgIpc) is 2.70. The third-order valence-corrected chi connectivity index (χ3v) is 3.01. The Bertz CT molecular complexity index is 510.